The standard InChI is InChI=1S/C17H16ClN5/c18-15-4-2-1-3-14(15)11-21-17-9-16(22-12-23-17)20-10-13-5-7-19-8-6-13/h1-9,12H,10-11H2,(H2,20,21,22,23). The maximum Gasteiger partial charge on any atom is 0.131 e. The molecule has 2 aromatic heterocycles. The van der Waals surface area contributed by atoms with E-state index in [1.54, 1.807) is 12.4 Å². The number of halogens is 1. The summed E-state index contributed by atoms with van der Waals surface area (Å²) in [6.45, 7) is 1.30. The third-order valence-corrected chi connectivity index (χ3v) is 3.68. The van der Waals surface area contributed by atoms with E-state index in [-0.39, 0.29) is 0 Å². The molecule has 6 heteroatoms. The van der Waals surface area contributed by atoms with Crippen LogP contribution >= 0.6 is 11.6 Å². The zero-order valence-corrected chi connectivity index (χ0v) is 13.2. The first-order chi connectivity index (χ1) is 11.3. The zero-order valence-electron chi connectivity index (χ0n) is 12.4. The zero-order chi connectivity index (χ0) is 15.9. The van der Waals surface area contributed by atoms with Crippen LogP contribution in [0.25, 0.3) is 0 Å². The van der Waals surface area contributed by atoms with Crippen molar-refractivity contribution in [3.05, 3.63) is 77.3 Å². The van der Waals surface area contributed by atoms with E-state index in [0.717, 1.165) is 27.8 Å². The molecule has 0 saturated heterocycles. The Hall–Kier alpha value is -2.66. The number of rotatable bonds is 6. The summed E-state index contributed by atoms with van der Waals surface area (Å²) in [4.78, 5) is 12.4. The summed E-state index contributed by atoms with van der Waals surface area (Å²) in [5.41, 5.74) is 2.17. The van der Waals surface area contributed by atoms with Crippen molar-refractivity contribution in [2.75, 3.05) is 10.6 Å². The highest BCUT2D eigenvalue weighted by molar-refractivity contribution is 6.31. The minimum absolute atomic E-state index is 0.612. The Morgan fingerprint density at radius 2 is 1.57 bits per heavy atom. The quantitative estimate of drug-likeness (QED) is 0.722. The van der Waals surface area contributed by atoms with Crippen LogP contribution in [0.15, 0.2) is 61.2 Å². The van der Waals surface area contributed by atoms with Crippen molar-refractivity contribution >= 4 is 23.2 Å². The Morgan fingerprint density at radius 3 is 2.30 bits per heavy atom. The van der Waals surface area contributed by atoms with Gasteiger partial charge in [-0.1, -0.05) is 29.8 Å². The number of benzene rings is 1. The summed E-state index contributed by atoms with van der Waals surface area (Å²) in [7, 11) is 0. The molecule has 1 aromatic carbocycles. The fourth-order valence-corrected chi connectivity index (χ4v) is 2.27. The summed E-state index contributed by atoms with van der Waals surface area (Å²) in [5, 5.41) is 7.26. The molecule has 0 unspecified atom stereocenters. The lowest BCUT2D eigenvalue weighted by Crippen LogP contribution is -2.05. The third kappa shape index (κ3) is 4.40. The topological polar surface area (TPSA) is 62.7 Å². The molecule has 23 heavy (non-hydrogen) atoms. The van der Waals surface area contributed by atoms with E-state index in [1.807, 2.05) is 42.5 Å². The summed E-state index contributed by atoms with van der Waals surface area (Å²) in [6, 6.07) is 13.5. The van der Waals surface area contributed by atoms with Crippen LogP contribution in [0, 0.1) is 0 Å². The van der Waals surface area contributed by atoms with Gasteiger partial charge in [0.15, 0.2) is 0 Å². The highest BCUT2D eigenvalue weighted by Crippen LogP contribution is 2.17. The lowest BCUT2D eigenvalue weighted by Gasteiger charge is -2.09. The van der Waals surface area contributed by atoms with Crippen LogP contribution in [-0.4, -0.2) is 15.0 Å². The van der Waals surface area contributed by atoms with Gasteiger partial charge in [-0.15, -0.1) is 0 Å². The molecular weight excluding hydrogens is 310 g/mol. The average molecular weight is 326 g/mol. The lowest BCUT2D eigenvalue weighted by atomic mass is 10.2. The average Bonchev–Trinajstić information content (AvgIpc) is 2.61. The van der Waals surface area contributed by atoms with Crippen LogP contribution in [0.3, 0.4) is 0 Å². The lowest BCUT2D eigenvalue weighted by molar-refractivity contribution is 1.05. The Bertz CT molecular complexity index is 764. The van der Waals surface area contributed by atoms with Crippen molar-refractivity contribution in [2.45, 2.75) is 13.1 Å². The molecule has 2 N–H and O–H groups in total. The summed E-state index contributed by atoms with van der Waals surface area (Å²) < 4.78 is 0. The van der Waals surface area contributed by atoms with Gasteiger partial charge >= 0.3 is 0 Å². The molecule has 3 aromatic rings. The first-order valence-electron chi connectivity index (χ1n) is 7.23. The van der Waals surface area contributed by atoms with E-state index < -0.39 is 0 Å². The third-order valence-electron chi connectivity index (χ3n) is 3.31. The maximum absolute atomic E-state index is 6.15. The SMILES string of the molecule is Clc1ccccc1CNc1cc(NCc2ccncc2)ncn1. The van der Waals surface area contributed by atoms with Gasteiger partial charge in [0.1, 0.15) is 18.0 Å². The van der Waals surface area contributed by atoms with E-state index in [9.17, 15) is 0 Å². The molecule has 0 aliphatic rings. The molecule has 0 saturated carbocycles. The second-order valence-electron chi connectivity index (χ2n) is 4.94. The van der Waals surface area contributed by atoms with Gasteiger partial charge in [0.05, 0.1) is 0 Å². The minimum atomic E-state index is 0.612. The van der Waals surface area contributed by atoms with Crippen LogP contribution in [0.4, 0.5) is 11.6 Å². The van der Waals surface area contributed by atoms with Gasteiger partial charge in [-0.25, -0.2) is 9.97 Å². The van der Waals surface area contributed by atoms with Gasteiger partial charge in [0, 0.05) is 36.6 Å². The number of nitrogens with zero attached hydrogens (tertiary/aromatic N) is 3. The highest BCUT2D eigenvalue weighted by atomic mass is 35.5. The molecule has 0 fully saturated rings. The fraction of sp³-hybridized carbons (Fsp3) is 0.118. The van der Waals surface area contributed by atoms with Crippen molar-refractivity contribution in [1.29, 1.82) is 0 Å². The van der Waals surface area contributed by atoms with Crippen LogP contribution in [0.1, 0.15) is 11.1 Å². The maximum atomic E-state index is 6.15. The van der Waals surface area contributed by atoms with Crippen molar-refractivity contribution in [3.8, 4) is 0 Å². The molecule has 116 valence electrons. The normalized spacial score (nSPS) is 10.3. The fourth-order valence-electron chi connectivity index (χ4n) is 2.07. The Morgan fingerprint density at radius 1 is 0.870 bits per heavy atom. The largest absolute Gasteiger partial charge is 0.366 e. The van der Waals surface area contributed by atoms with Crippen molar-refractivity contribution in [1.82, 2.24) is 15.0 Å². The van der Waals surface area contributed by atoms with Crippen LogP contribution in [0.5, 0.6) is 0 Å². The molecule has 0 atom stereocenters. The molecule has 0 aliphatic heterocycles. The monoisotopic (exact) mass is 325 g/mol. The second kappa shape index (κ2) is 7.56. The Kier molecular flexibility index (Phi) is 5.01. The molecule has 2 heterocycles. The van der Waals surface area contributed by atoms with E-state index in [0.29, 0.717) is 13.1 Å². The van der Waals surface area contributed by atoms with Gasteiger partial charge < -0.3 is 10.6 Å². The Labute approximate surface area is 139 Å². The minimum Gasteiger partial charge on any atom is -0.366 e. The van der Waals surface area contributed by atoms with Crippen molar-refractivity contribution < 1.29 is 0 Å². The molecule has 0 amide bonds. The smallest absolute Gasteiger partial charge is 0.131 e. The van der Waals surface area contributed by atoms with Crippen molar-refractivity contribution in [3.63, 3.8) is 0 Å². The highest BCUT2D eigenvalue weighted by Gasteiger charge is 2.02. The first kappa shape index (κ1) is 15.2. The van der Waals surface area contributed by atoms with Gasteiger partial charge in [-0.05, 0) is 29.3 Å². The molecule has 5 nitrogen and oxygen atoms in total. The Balaban J connectivity index is 1.60. The number of aromatic nitrogens is 3. The second-order valence-corrected chi connectivity index (χ2v) is 5.35. The number of hydrogen-bond donors (Lipinski definition) is 2. The first-order valence-corrected chi connectivity index (χ1v) is 7.61. The molecule has 0 bridgehead atoms. The van der Waals surface area contributed by atoms with E-state index >= 15 is 0 Å². The number of nitrogens with one attached hydrogen (secondary N) is 2. The summed E-state index contributed by atoms with van der Waals surface area (Å²) in [5.74, 6) is 1.51. The summed E-state index contributed by atoms with van der Waals surface area (Å²) in [6.07, 6.45) is 5.07. The van der Waals surface area contributed by atoms with E-state index in [4.69, 9.17) is 11.6 Å². The number of anilines is 2. The molecule has 3 rings (SSSR count). The number of pyridine rings is 1. The van der Waals surface area contributed by atoms with E-state index in [2.05, 4.69) is 25.6 Å². The van der Waals surface area contributed by atoms with Crippen LogP contribution in [-0.2, 0) is 13.1 Å². The van der Waals surface area contributed by atoms with Crippen LogP contribution < -0.4 is 10.6 Å². The van der Waals surface area contributed by atoms with Gasteiger partial charge in [-0.2, -0.15) is 0 Å². The number of hydrogen-bond acceptors (Lipinski definition) is 5. The summed E-state index contributed by atoms with van der Waals surface area (Å²) >= 11 is 6.15. The molecular formula is C17H16ClN5. The predicted octanol–water partition coefficient (Wildman–Crippen LogP) is 3.75. The van der Waals surface area contributed by atoms with E-state index in [1.165, 1.54) is 6.33 Å². The molecule has 0 aliphatic carbocycles. The molecule has 0 radical (unpaired) electrons. The van der Waals surface area contributed by atoms with Crippen molar-refractivity contribution in [2.24, 2.45) is 0 Å². The van der Waals surface area contributed by atoms with Crippen LogP contribution in [0.2, 0.25) is 5.02 Å². The van der Waals surface area contributed by atoms with Gasteiger partial charge in [0.2, 0.25) is 0 Å². The van der Waals surface area contributed by atoms with Gasteiger partial charge in [0.25, 0.3) is 0 Å². The molecule has 0 spiro atoms. The predicted molar refractivity (Wildman–Crippen MR) is 92.4 cm³/mol. The van der Waals surface area contributed by atoms with Gasteiger partial charge in [-0.3, -0.25) is 4.98 Å².